The molecule has 264 valence electrons. The van der Waals surface area contributed by atoms with Crippen LogP contribution in [0.4, 0.5) is 14.0 Å². The van der Waals surface area contributed by atoms with Gasteiger partial charge in [-0.05, 0) is 6.42 Å². The second kappa shape index (κ2) is 19.7. The summed E-state index contributed by atoms with van der Waals surface area (Å²) in [6.07, 6.45) is -4.06. The van der Waals surface area contributed by atoms with Crippen molar-refractivity contribution >= 4 is 20.1 Å². The molecule has 3 unspecified atom stereocenters. The van der Waals surface area contributed by atoms with Crippen molar-refractivity contribution in [2.75, 3.05) is 81.7 Å². The Bertz CT molecular complexity index is 1200. The van der Waals surface area contributed by atoms with Crippen LogP contribution in [0.3, 0.4) is 0 Å². The van der Waals surface area contributed by atoms with Gasteiger partial charge in [-0.25, -0.2) is 32.4 Å². The summed E-state index contributed by atoms with van der Waals surface area (Å²) in [5.74, 6) is -0.486. The molecule has 1 N–H and O–H groups in total. The molecule has 0 radical (unpaired) electrons. The summed E-state index contributed by atoms with van der Waals surface area (Å²) in [4.78, 5) is 50.0. The molecule has 1 aliphatic heterocycles. The van der Waals surface area contributed by atoms with E-state index in [-0.39, 0.29) is 32.8 Å². The number of methoxy groups -OCH3 is 4. The van der Waals surface area contributed by atoms with Crippen LogP contribution in [0.15, 0.2) is 21.9 Å². The van der Waals surface area contributed by atoms with Crippen LogP contribution in [0.5, 0.6) is 0 Å². The van der Waals surface area contributed by atoms with Crippen molar-refractivity contribution in [2.24, 2.45) is 5.92 Å². The number of phosphoric acid groups is 1. The Morgan fingerprint density at radius 1 is 0.957 bits per heavy atom. The molecule has 0 aromatic carbocycles. The van der Waals surface area contributed by atoms with Gasteiger partial charge in [0.2, 0.25) is 13.6 Å². The Morgan fingerprint density at radius 2 is 1.46 bits per heavy atom. The maximum atomic E-state index is 14.4. The highest BCUT2D eigenvalue weighted by Gasteiger charge is 2.48. The van der Waals surface area contributed by atoms with E-state index in [2.05, 4.69) is 4.98 Å². The number of ether oxygens (including phenoxy) is 9. The molecular formula is C25H40FN2O17P. The molecule has 0 spiro atoms. The van der Waals surface area contributed by atoms with Gasteiger partial charge < -0.3 is 42.6 Å². The lowest BCUT2D eigenvalue weighted by molar-refractivity contribution is -0.118. The number of phosphoric ester groups is 1. The van der Waals surface area contributed by atoms with E-state index in [1.807, 2.05) is 0 Å². The summed E-state index contributed by atoms with van der Waals surface area (Å²) < 4.78 is 89.4. The minimum Gasteiger partial charge on any atom is -0.426 e. The molecule has 2 heterocycles. The van der Waals surface area contributed by atoms with Gasteiger partial charge in [-0.2, -0.15) is 0 Å². The molecule has 1 aromatic rings. The van der Waals surface area contributed by atoms with Crippen LogP contribution >= 0.6 is 7.82 Å². The zero-order valence-corrected chi connectivity index (χ0v) is 26.9. The molecule has 1 saturated heterocycles. The highest BCUT2D eigenvalue weighted by molar-refractivity contribution is 7.48. The first-order chi connectivity index (χ1) is 21.9. The van der Waals surface area contributed by atoms with Crippen molar-refractivity contribution < 1.29 is 74.7 Å². The van der Waals surface area contributed by atoms with Gasteiger partial charge in [0.1, 0.15) is 18.5 Å². The van der Waals surface area contributed by atoms with Crippen LogP contribution in [0.25, 0.3) is 0 Å². The normalized spacial score (nSPS) is 19.8. The number of carbonyl (C=O) groups is 2. The zero-order valence-electron chi connectivity index (χ0n) is 26.0. The van der Waals surface area contributed by atoms with E-state index in [9.17, 15) is 28.1 Å². The first kappa shape index (κ1) is 39.2. The van der Waals surface area contributed by atoms with Gasteiger partial charge >= 0.3 is 25.8 Å². The zero-order chi connectivity index (χ0) is 34.2. The molecule has 0 bridgehead atoms. The fourth-order valence-corrected chi connectivity index (χ4v) is 5.17. The number of rotatable bonds is 21. The van der Waals surface area contributed by atoms with Crippen LogP contribution in [-0.4, -0.2) is 121 Å². The highest BCUT2D eigenvalue weighted by atomic mass is 31.2. The smallest absolute Gasteiger partial charge is 0.426 e. The van der Waals surface area contributed by atoms with Crippen molar-refractivity contribution in [3.8, 4) is 0 Å². The van der Waals surface area contributed by atoms with E-state index >= 15 is 0 Å². The molecule has 21 heteroatoms. The van der Waals surface area contributed by atoms with E-state index < -0.39 is 88.2 Å². The summed E-state index contributed by atoms with van der Waals surface area (Å²) in [5.41, 5.74) is -3.19. The molecule has 3 atom stereocenters. The van der Waals surface area contributed by atoms with Crippen LogP contribution in [0.1, 0.15) is 19.6 Å². The van der Waals surface area contributed by atoms with Gasteiger partial charge in [0.05, 0.1) is 33.0 Å². The van der Waals surface area contributed by atoms with Gasteiger partial charge in [0, 0.05) is 46.6 Å². The van der Waals surface area contributed by atoms with Gasteiger partial charge in [0.25, 0.3) is 5.56 Å². The van der Waals surface area contributed by atoms with E-state index in [4.69, 9.17) is 56.2 Å². The van der Waals surface area contributed by atoms with Gasteiger partial charge in [-0.15, -0.1) is 0 Å². The first-order valence-corrected chi connectivity index (χ1v) is 15.1. The van der Waals surface area contributed by atoms with Crippen molar-refractivity contribution in [3.05, 3.63) is 33.1 Å². The largest absolute Gasteiger partial charge is 0.510 e. The number of hydrogen-bond acceptors (Lipinski definition) is 17. The average Bonchev–Trinajstić information content (AvgIpc) is 3.33. The summed E-state index contributed by atoms with van der Waals surface area (Å²) in [7, 11) is 0.681. The molecule has 19 nitrogen and oxygen atoms in total. The van der Waals surface area contributed by atoms with Crippen molar-refractivity contribution in [3.63, 3.8) is 0 Å². The summed E-state index contributed by atoms with van der Waals surface area (Å²) in [5, 5.41) is 0. The number of hydrogen-bond donors (Lipinski definition) is 1. The monoisotopic (exact) mass is 690 g/mol. The third kappa shape index (κ3) is 12.7. The SMILES string of the molecule is COCC(COC)OC(=O)OCOP(=O)(OCOC(=O)OC(COC)COC)OCC1(CF)CC(C)C(n2ccc(=O)[nH]c2=O)O1. The number of H-pyrrole nitrogens is 1. The Morgan fingerprint density at radius 3 is 1.89 bits per heavy atom. The maximum Gasteiger partial charge on any atom is 0.510 e. The highest BCUT2D eigenvalue weighted by Crippen LogP contribution is 2.52. The Labute approximate surface area is 262 Å². The van der Waals surface area contributed by atoms with Crippen molar-refractivity contribution in [1.29, 1.82) is 0 Å². The van der Waals surface area contributed by atoms with E-state index in [0.717, 1.165) is 10.6 Å². The van der Waals surface area contributed by atoms with Crippen LogP contribution < -0.4 is 11.2 Å². The fraction of sp³-hybridized carbons (Fsp3) is 0.760. The van der Waals surface area contributed by atoms with Crippen LogP contribution in [0.2, 0.25) is 0 Å². The van der Waals surface area contributed by atoms with Gasteiger partial charge in [0.15, 0.2) is 12.2 Å². The number of alkyl halides is 1. The predicted molar refractivity (Wildman–Crippen MR) is 150 cm³/mol. The Hall–Kier alpha value is -2.94. The summed E-state index contributed by atoms with van der Waals surface area (Å²) >= 11 is 0. The van der Waals surface area contributed by atoms with Crippen LogP contribution in [-0.2, 0) is 60.8 Å². The Kier molecular flexibility index (Phi) is 16.8. The lowest BCUT2D eigenvalue weighted by Gasteiger charge is -2.28. The van der Waals surface area contributed by atoms with Crippen LogP contribution in [0, 0.1) is 5.92 Å². The standard InChI is InChI=1S/C25H40FN2O17P/c1-17-8-25(13-26,45-21(17)28-7-6-20(29)27-22(28)30)14-40-46(33,41-15-38-23(31)43-18(9-34-2)10-35-3)42-16-39-24(32)44-19(11-36-4)12-37-5/h6-7,17-19,21H,8-16H2,1-5H3,(H,27,29,30). The molecule has 46 heavy (non-hydrogen) atoms. The lowest BCUT2D eigenvalue weighted by Crippen LogP contribution is -2.38. The molecule has 0 amide bonds. The molecular weight excluding hydrogens is 650 g/mol. The molecule has 1 aliphatic rings. The van der Waals surface area contributed by atoms with E-state index in [0.29, 0.717) is 0 Å². The molecule has 0 saturated carbocycles. The quantitative estimate of drug-likeness (QED) is 0.110. The summed E-state index contributed by atoms with van der Waals surface area (Å²) in [6, 6.07) is 1.09. The second-order valence-electron chi connectivity index (χ2n) is 9.83. The number of nitrogens with zero attached hydrogens (tertiary/aromatic N) is 1. The average molecular weight is 691 g/mol. The maximum absolute atomic E-state index is 14.4. The summed E-state index contributed by atoms with van der Waals surface area (Å²) in [6.45, 7) is -2.45. The molecule has 1 aromatic heterocycles. The lowest BCUT2D eigenvalue weighted by atomic mass is 9.96. The predicted octanol–water partition coefficient (Wildman–Crippen LogP) is 1.50. The molecule has 1 fully saturated rings. The Balaban J connectivity index is 2.11. The topological polar surface area (TPSA) is 217 Å². The number of halogens is 1. The molecule has 0 aliphatic carbocycles. The number of carbonyl (C=O) groups excluding carboxylic acids is 2. The van der Waals surface area contributed by atoms with E-state index in [1.165, 1.54) is 34.6 Å². The third-order valence-electron chi connectivity index (χ3n) is 6.12. The van der Waals surface area contributed by atoms with Gasteiger partial charge in [-0.1, -0.05) is 6.92 Å². The van der Waals surface area contributed by atoms with Gasteiger partial charge in [-0.3, -0.25) is 18.9 Å². The fourth-order valence-electron chi connectivity index (χ4n) is 4.19. The van der Waals surface area contributed by atoms with Crippen molar-refractivity contribution in [1.82, 2.24) is 9.55 Å². The second-order valence-corrected chi connectivity index (χ2v) is 11.5. The minimum absolute atomic E-state index is 0.0203. The third-order valence-corrected chi connectivity index (χ3v) is 7.41. The number of aromatic nitrogens is 2. The molecule has 2 rings (SSSR count). The first-order valence-electron chi connectivity index (χ1n) is 13.6. The number of nitrogens with one attached hydrogen (secondary N) is 1. The number of aromatic amines is 1. The minimum atomic E-state index is -4.81. The van der Waals surface area contributed by atoms with Crippen molar-refractivity contribution in [2.45, 2.75) is 37.4 Å². The van der Waals surface area contributed by atoms with E-state index in [1.54, 1.807) is 6.92 Å².